The third-order valence-electron chi connectivity index (χ3n) is 7.35. The van der Waals surface area contributed by atoms with Crippen molar-refractivity contribution >= 4 is 10.8 Å². The molecule has 1 saturated heterocycles. The zero-order valence-electron chi connectivity index (χ0n) is 20.3. The molecule has 0 spiro atoms. The van der Waals surface area contributed by atoms with Crippen molar-refractivity contribution in [1.29, 1.82) is 0 Å². The van der Waals surface area contributed by atoms with E-state index in [0.717, 1.165) is 52.8 Å². The Kier molecular flexibility index (Phi) is 6.24. The number of fused-ring (bicyclic) bond motifs is 5. The second-order valence-corrected chi connectivity index (χ2v) is 9.72. The predicted molar refractivity (Wildman–Crippen MR) is 140 cm³/mol. The minimum atomic E-state index is -0.409. The molecular weight excluding hydrogens is 453 g/mol. The van der Waals surface area contributed by atoms with Gasteiger partial charge in [-0.15, -0.1) is 0 Å². The number of hydrogen-bond acceptors (Lipinski definition) is 4. The molecule has 2 heterocycles. The summed E-state index contributed by atoms with van der Waals surface area (Å²) in [5, 5.41) is 11.8. The summed E-state index contributed by atoms with van der Waals surface area (Å²) < 4.78 is 27.4. The fraction of sp³-hybridized carbons (Fsp3) is 0.290. The fourth-order valence-electron chi connectivity index (χ4n) is 5.52. The molecule has 184 valence electrons. The first-order valence-corrected chi connectivity index (χ1v) is 12.8. The molecule has 0 saturated carbocycles. The number of halogens is 1. The normalized spacial score (nSPS) is 17.6. The summed E-state index contributed by atoms with van der Waals surface area (Å²) in [5.74, 6) is 1.25. The van der Waals surface area contributed by atoms with Crippen LogP contribution in [0.25, 0.3) is 21.9 Å². The van der Waals surface area contributed by atoms with E-state index in [-0.39, 0.29) is 11.6 Å². The summed E-state index contributed by atoms with van der Waals surface area (Å²) in [6.45, 7) is 3.94. The van der Waals surface area contributed by atoms with Crippen LogP contribution in [-0.2, 0) is 0 Å². The molecule has 4 aromatic rings. The van der Waals surface area contributed by atoms with Crippen LogP contribution in [-0.4, -0.2) is 36.2 Å². The van der Waals surface area contributed by atoms with Crippen molar-refractivity contribution in [2.45, 2.75) is 31.8 Å². The maximum atomic E-state index is 14.9. The highest BCUT2D eigenvalue weighted by molar-refractivity contribution is 5.95. The van der Waals surface area contributed by atoms with Crippen molar-refractivity contribution < 1.29 is 19.0 Å². The lowest BCUT2D eigenvalue weighted by Gasteiger charge is -2.30. The molecule has 0 amide bonds. The zero-order valence-corrected chi connectivity index (χ0v) is 20.3. The van der Waals surface area contributed by atoms with E-state index < -0.39 is 6.10 Å². The summed E-state index contributed by atoms with van der Waals surface area (Å²) in [5.41, 5.74) is 3.16. The molecule has 0 aliphatic carbocycles. The number of rotatable bonds is 5. The highest BCUT2D eigenvalue weighted by Crippen LogP contribution is 2.48. The first-order valence-electron chi connectivity index (χ1n) is 12.8. The minimum absolute atomic E-state index is 0.198. The van der Waals surface area contributed by atoms with Gasteiger partial charge in [-0.2, -0.15) is 0 Å². The van der Waals surface area contributed by atoms with Crippen molar-refractivity contribution in [3.8, 4) is 28.4 Å². The van der Waals surface area contributed by atoms with Crippen LogP contribution < -0.4 is 9.47 Å². The van der Waals surface area contributed by atoms with Crippen LogP contribution in [0.4, 0.5) is 4.39 Å². The Balaban J connectivity index is 1.29. The quantitative estimate of drug-likeness (QED) is 0.329. The lowest BCUT2D eigenvalue weighted by molar-refractivity contribution is 0.213. The van der Waals surface area contributed by atoms with Gasteiger partial charge in [-0.05, 0) is 84.2 Å². The molecule has 0 aromatic heterocycles. The van der Waals surface area contributed by atoms with Gasteiger partial charge < -0.3 is 14.6 Å². The number of ether oxygens (including phenoxy) is 2. The Morgan fingerprint density at radius 3 is 2.53 bits per heavy atom. The van der Waals surface area contributed by atoms with Gasteiger partial charge in [-0.3, -0.25) is 4.90 Å². The van der Waals surface area contributed by atoms with Crippen molar-refractivity contribution in [2.75, 3.05) is 26.2 Å². The summed E-state index contributed by atoms with van der Waals surface area (Å²) in [4.78, 5) is 2.49. The molecule has 36 heavy (non-hydrogen) atoms. The van der Waals surface area contributed by atoms with Crippen LogP contribution in [0.2, 0.25) is 0 Å². The standard InChI is InChI=1S/C31H30FNO3/c32-27-6-5-7-28-30(27)26-14-10-22-20-23(34)11-15-25(22)29(26)31(36-28)21-8-12-24(13-9-21)35-19-18-33-16-3-1-2-4-17-33/h5-15,20,31,34H,1-4,16-19H2. The van der Waals surface area contributed by atoms with E-state index in [9.17, 15) is 9.50 Å². The van der Waals surface area contributed by atoms with E-state index >= 15 is 0 Å². The molecule has 1 unspecified atom stereocenters. The summed E-state index contributed by atoms with van der Waals surface area (Å²) in [7, 11) is 0. The van der Waals surface area contributed by atoms with Crippen molar-refractivity contribution in [3.05, 3.63) is 89.7 Å². The maximum absolute atomic E-state index is 14.9. The van der Waals surface area contributed by atoms with E-state index in [4.69, 9.17) is 9.47 Å². The van der Waals surface area contributed by atoms with E-state index in [1.807, 2.05) is 48.5 Å². The fourth-order valence-corrected chi connectivity index (χ4v) is 5.52. The van der Waals surface area contributed by atoms with Gasteiger partial charge >= 0.3 is 0 Å². The van der Waals surface area contributed by atoms with Gasteiger partial charge in [0.1, 0.15) is 29.7 Å². The number of hydrogen-bond donors (Lipinski definition) is 1. The molecule has 2 aliphatic rings. The van der Waals surface area contributed by atoms with Crippen LogP contribution >= 0.6 is 0 Å². The van der Waals surface area contributed by atoms with E-state index in [1.54, 1.807) is 18.2 Å². The monoisotopic (exact) mass is 483 g/mol. The van der Waals surface area contributed by atoms with Gasteiger partial charge in [-0.25, -0.2) is 4.39 Å². The molecule has 6 rings (SSSR count). The Morgan fingerprint density at radius 2 is 1.72 bits per heavy atom. The van der Waals surface area contributed by atoms with Gasteiger partial charge in [0, 0.05) is 12.1 Å². The Labute approximate surface area is 210 Å². The molecule has 2 aliphatic heterocycles. The Hall–Kier alpha value is -3.57. The van der Waals surface area contributed by atoms with Gasteiger partial charge in [0.05, 0.1) is 5.56 Å². The zero-order chi connectivity index (χ0) is 24.5. The third kappa shape index (κ3) is 4.40. The van der Waals surface area contributed by atoms with Crippen LogP contribution in [0, 0.1) is 5.82 Å². The number of nitrogens with zero attached hydrogens (tertiary/aromatic N) is 1. The number of benzene rings is 4. The molecule has 1 N–H and O–H groups in total. The lowest BCUT2D eigenvalue weighted by Crippen LogP contribution is -2.29. The third-order valence-corrected chi connectivity index (χ3v) is 7.35. The highest BCUT2D eigenvalue weighted by atomic mass is 19.1. The van der Waals surface area contributed by atoms with Crippen molar-refractivity contribution in [3.63, 3.8) is 0 Å². The second kappa shape index (κ2) is 9.82. The Morgan fingerprint density at radius 1 is 0.917 bits per heavy atom. The summed E-state index contributed by atoms with van der Waals surface area (Å²) >= 11 is 0. The minimum Gasteiger partial charge on any atom is -0.508 e. The van der Waals surface area contributed by atoms with E-state index in [0.29, 0.717) is 17.9 Å². The van der Waals surface area contributed by atoms with Crippen LogP contribution in [0.15, 0.2) is 72.8 Å². The molecule has 1 fully saturated rings. The molecule has 0 radical (unpaired) electrons. The molecule has 1 atom stereocenters. The van der Waals surface area contributed by atoms with Crippen LogP contribution in [0.1, 0.15) is 42.9 Å². The lowest BCUT2D eigenvalue weighted by atomic mass is 9.85. The van der Waals surface area contributed by atoms with Crippen LogP contribution in [0.5, 0.6) is 17.2 Å². The highest BCUT2D eigenvalue weighted by Gasteiger charge is 2.31. The maximum Gasteiger partial charge on any atom is 0.150 e. The molecule has 5 heteroatoms. The number of likely N-dealkylation sites (tertiary alicyclic amines) is 1. The number of phenolic OH excluding ortho intramolecular Hbond substituents is 1. The summed E-state index contributed by atoms with van der Waals surface area (Å²) in [6, 6.07) is 22.1. The smallest absolute Gasteiger partial charge is 0.150 e. The largest absolute Gasteiger partial charge is 0.508 e. The van der Waals surface area contributed by atoms with Gasteiger partial charge in [0.2, 0.25) is 0 Å². The average molecular weight is 484 g/mol. The van der Waals surface area contributed by atoms with Crippen molar-refractivity contribution in [2.24, 2.45) is 0 Å². The topological polar surface area (TPSA) is 41.9 Å². The van der Waals surface area contributed by atoms with Crippen molar-refractivity contribution in [1.82, 2.24) is 4.90 Å². The van der Waals surface area contributed by atoms with E-state index in [1.165, 1.54) is 31.7 Å². The van der Waals surface area contributed by atoms with Gasteiger partial charge in [-0.1, -0.05) is 49.2 Å². The molecule has 4 nitrogen and oxygen atoms in total. The molecule has 4 aromatic carbocycles. The van der Waals surface area contributed by atoms with Gasteiger partial charge in [0.15, 0.2) is 6.10 Å². The summed E-state index contributed by atoms with van der Waals surface area (Å²) in [6.07, 6.45) is 4.81. The molecule has 0 bridgehead atoms. The second-order valence-electron chi connectivity index (χ2n) is 9.72. The SMILES string of the molecule is Oc1ccc2c3c(ccc2c1)-c1c(F)cccc1OC3c1ccc(OCCN2CCCCCC2)cc1. The Bertz CT molecular complexity index is 1380. The van der Waals surface area contributed by atoms with Gasteiger partial charge in [0.25, 0.3) is 0 Å². The van der Waals surface area contributed by atoms with E-state index in [2.05, 4.69) is 4.90 Å². The molecular formula is C31H30FNO3. The van der Waals surface area contributed by atoms with Crippen LogP contribution in [0.3, 0.4) is 0 Å². The first kappa shape index (κ1) is 22.9. The predicted octanol–water partition coefficient (Wildman–Crippen LogP) is 7.09. The average Bonchev–Trinajstić information content (AvgIpc) is 3.17. The number of aromatic hydroxyl groups is 1. The first-order chi connectivity index (χ1) is 17.7. The number of phenols is 1.